The molecule has 0 bridgehead atoms. The Balaban J connectivity index is 2.43. The molecule has 1 nitrogen and oxygen atoms in total. The zero-order valence-electron chi connectivity index (χ0n) is 11.2. The molecule has 0 aliphatic carbocycles. The van der Waals surface area contributed by atoms with Crippen LogP contribution in [0.15, 0.2) is 30.3 Å². The van der Waals surface area contributed by atoms with E-state index >= 15 is 0 Å². The van der Waals surface area contributed by atoms with Gasteiger partial charge in [-0.15, -0.1) is 0 Å². The van der Waals surface area contributed by atoms with Crippen molar-refractivity contribution in [1.82, 2.24) is 0 Å². The molecule has 2 heteroatoms. The van der Waals surface area contributed by atoms with Crippen molar-refractivity contribution in [3.05, 3.63) is 35.9 Å². The molecule has 1 aromatic carbocycles. The number of benzene rings is 1. The van der Waals surface area contributed by atoms with Crippen LogP contribution in [0.2, 0.25) is 17.0 Å². The summed E-state index contributed by atoms with van der Waals surface area (Å²) < 4.78 is 0. The third kappa shape index (κ3) is 6.88. The molecule has 0 saturated heterocycles. The topological polar surface area (TPSA) is 20.2 Å². The van der Waals surface area contributed by atoms with Gasteiger partial charge >= 0.3 is 110 Å². The molecule has 0 aliphatic rings. The molecule has 0 aromatic heterocycles. The fraction of sp³-hybridized carbons (Fsp3) is 0.600. The van der Waals surface area contributed by atoms with Crippen molar-refractivity contribution in [2.45, 2.75) is 49.3 Å². The van der Waals surface area contributed by atoms with E-state index in [2.05, 4.69) is 42.0 Å². The molecule has 0 saturated carbocycles. The molecule has 2 atom stereocenters. The molecule has 0 amide bonds. The monoisotopic (exact) mass is 301 g/mol. The third-order valence-corrected chi connectivity index (χ3v) is 5.32. The van der Waals surface area contributed by atoms with Crippen LogP contribution >= 0.6 is 0 Å². The molecular weight excluding hydrogens is 275 g/mol. The van der Waals surface area contributed by atoms with Crippen LogP contribution in [0.25, 0.3) is 0 Å². The quantitative estimate of drug-likeness (QED) is 0.760. The second kappa shape index (κ2) is 7.92. The Hall–Kier alpha value is -0.301. The van der Waals surface area contributed by atoms with E-state index in [-0.39, 0.29) is 6.10 Å². The number of hydrogen-bond donors (Lipinski definition) is 1. The summed E-state index contributed by atoms with van der Waals surface area (Å²) in [5.74, 6) is 5.48. The van der Waals surface area contributed by atoms with Gasteiger partial charge in [0.1, 0.15) is 0 Å². The molecule has 0 aliphatic heterocycles. The first kappa shape index (κ1) is 14.8. The van der Waals surface area contributed by atoms with Crippen LogP contribution in [0, 0.1) is 5.92 Å². The molecule has 1 N–H and O–H groups in total. The molecular formula is C15H25OSe+. The molecule has 1 aromatic rings. The fourth-order valence-corrected chi connectivity index (χ4v) is 4.85. The van der Waals surface area contributed by atoms with Gasteiger partial charge in [-0.05, 0) is 0 Å². The van der Waals surface area contributed by atoms with Gasteiger partial charge < -0.3 is 0 Å². The summed E-state index contributed by atoms with van der Waals surface area (Å²) in [6, 6.07) is 10.7. The summed E-state index contributed by atoms with van der Waals surface area (Å²) in [6.07, 6.45) is 3.18. The molecule has 17 heavy (non-hydrogen) atoms. The van der Waals surface area contributed by atoms with Crippen molar-refractivity contribution in [2.24, 2.45) is 5.92 Å². The van der Waals surface area contributed by atoms with Crippen LogP contribution in [-0.4, -0.2) is 25.1 Å². The summed E-state index contributed by atoms with van der Waals surface area (Å²) >= 11 is -0.400. The number of aryl methyl sites for hydroxylation is 1. The Bertz CT molecular complexity index is 285. The van der Waals surface area contributed by atoms with E-state index in [1.54, 1.807) is 0 Å². The van der Waals surface area contributed by atoms with Gasteiger partial charge in [0.15, 0.2) is 0 Å². The second-order valence-electron chi connectivity index (χ2n) is 5.13. The molecule has 96 valence electrons. The first-order valence-corrected chi connectivity index (χ1v) is 11.0. The summed E-state index contributed by atoms with van der Waals surface area (Å²) in [5.41, 5.74) is 1.42. The normalized spacial score (nSPS) is 14.9. The van der Waals surface area contributed by atoms with E-state index in [1.807, 2.05) is 6.92 Å². The summed E-state index contributed by atoms with van der Waals surface area (Å²) in [4.78, 5) is 0. The van der Waals surface area contributed by atoms with Crippen molar-refractivity contribution in [3.8, 4) is 0 Å². The number of aliphatic hydroxyl groups is 1. The summed E-state index contributed by atoms with van der Waals surface area (Å²) in [6.45, 7) is 1.91. The standard InChI is InChI=1S/C15H25OSe/c1-13(16)11-15(12-17(2)3)10-9-14-7-5-4-6-8-14/h4-8,13,15-16H,9-12H2,1-3H3/q+1. The Labute approximate surface area is 110 Å². The number of hydrogen-bond acceptors (Lipinski definition) is 1. The molecule has 1 rings (SSSR count). The molecule has 0 radical (unpaired) electrons. The van der Waals surface area contributed by atoms with Gasteiger partial charge in [0.2, 0.25) is 0 Å². The van der Waals surface area contributed by atoms with Gasteiger partial charge in [-0.3, -0.25) is 0 Å². The number of rotatable bonds is 7. The van der Waals surface area contributed by atoms with Crippen molar-refractivity contribution >= 4 is 13.9 Å². The third-order valence-electron chi connectivity index (χ3n) is 2.93. The van der Waals surface area contributed by atoms with E-state index in [1.165, 1.54) is 17.3 Å². The Morgan fingerprint density at radius 2 is 1.82 bits per heavy atom. The Kier molecular flexibility index (Phi) is 6.87. The predicted octanol–water partition coefficient (Wildman–Crippen LogP) is 3.76. The van der Waals surface area contributed by atoms with Crippen LogP contribution in [0.3, 0.4) is 0 Å². The van der Waals surface area contributed by atoms with E-state index in [9.17, 15) is 5.11 Å². The van der Waals surface area contributed by atoms with Crippen molar-refractivity contribution in [1.29, 1.82) is 0 Å². The summed E-state index contributed by atoms with van der Waals surface area (Å²) in [5, 5.41) is 10.9. The zero-order valence-corrected chi connectivity index (χ0v) is 12.9. The van der Waals surface area contributed by atoms with Gasteiger partial charge in [0, 0.05) is 0 Å². The van der Waals surface area contributed by atoms with Crippen LogP contribution < -0.4 is 0 Å². The maximum atomic E-state index is 9.55. The predicted molar refractivity (Wildman–Crippen MR) is 76.8 cm³/mol. The van der Waals surface area contributed by atoms with Gasteiger partial charge in [-0.25, -0.2) is 0 Å². The van der Waals surface area contributed by atoms with Crippen LogP contribution in [0.4, 0.5) is 0 Å². The SMILES string of the molecule is CC(O)CC(CCc1ccccc1)C[Se+](C)C. The average Bonchev–Trinajstić information content (AvgIpc) is 2.26. The first-order valence-electron chi connectivity index (χ1n) is 6.34. The van der Waals surface area contributed by atoms with Gasteiger partial charge in [0.25, 0.3) is 0 Å². The first-order chi connectivity index (χ1) is 8.08. The fourth-order valence-electron chi connectivity index (χ4n) is 2.24. The van der Waals surface area contributed by atoms with Crippen LogP contribution in [-0.2, 0) is 6.42 Å². The summed E-state index contributed by atoms with van der Waals surface area (Å²) in [7, 11) is 0. The molecule has 0 spiro atoms. The van der Waals surface area contributed by atoms with Crippen molar-refractivity contribution in [3.63, 3.8) is 0 Å². The van der Waals surface area contributed by atoms with E-state index in [4.69, 9.17) is 0 Å². The minimum atomic E-state index is -0.400. The van der Waals surface area contributed by atoms with Gasteiger partial charge in [0.05, 0.1) is 0 Å². The van der Waals surface area contributed by atoms with Gasteiger partial charge in [-0.2, -0.15) is 0 Å². The van der Waals surface area contributed by atoms with Gasteiger partial charge in [-0.1, -0.05) is 0 Å². The van der Waals surface area contributed by atoms with Crippen molar-refractivity contribution < 1.29 is 5.11 Å². The minimum absolute atomic E-state index is 0.152. The molecule has 0 heterocycles. The Morgan fingerprint density at radius 3 is 2.35 bits per heavy atom. The average molecular weight is 300 g/mol. The van der Waals surface area contributed by atoms with Crippen LogP contribution in [0.5, 0.6) is 0 Å². The molecule has 2 unspecified atom stereocenters. The van der Waals surface area contributed by atoms with E-state index in [0.717, 1.165) is 12.8 Å². The second-order valence-corrected chi connectivity index (χ2v) is 9.96. The molecule has 0 fully saturated rings. The van der Waals surface area contributed by atoms with Crippen molar-refractivity contribution in [2.75, 3.05) is 0 Å². The maximum absolute atomic E-state index is 9.55. The zero-order chi connectivity index (χ0) is 12.7. The number of aliphatic hydroxyl groups excluding tert-OH is 1. The Morgan fingerprint density at radius 1 is 1.18 bits per heavy atom. The van der Waals surface area contributed by atoms with Crippen LogP contribution in [0.1, 0.15) is 25.3 Å². The van der Waals surface area contributed by atoms with E-state index in [0.29, 0.717) is 5.92 Å². The van der Waals surface area contributed by atoms with E-state index < -0.39 is 13.9 Å².